The van der Waals surface area contributed by atoms with Gasteiger partial charge in [-0.1, -0.05) is 42.5 Å². The molecule has 36 heavy (non-hydrogen) atoms. The number of rotatable bonds is 8. The molecule has 0 spiro atoms. The average molecular weight is 499 g/mol. The fourth-order valence-electron chi connectivity index (χ4n) is 3.68. The van der Waals surface area contributed by atoms with Crippen molar-refractivity contribution in [1.29, 1.82) is 0 Å². The van der Waals surface area contributed by atoms with E-state index in [1.807, 2.05) is 18.2 Å². The number of ether oxygens (including phenoxy) is 1. The van der Waals surface area contributed by atoms with Gasteiger partial charge in [0.2, 0.25) is 0 Å². The van der Waals surface area contributed by atoms with Crippen LogP contribution in [0.5, 0.6) is 11.5 Å². The van der Waals surface area contributed by atoms with E-state index in [0.29, 0.717) is 22.9 Å². The van der Waals surface area contributed by atoms with Gasteiger partial charge in [-0.05, 0) is 54.1 Å². The van der Waals surface area contributed by atoms with E-state index < -0.39 is 10.0 Å². The molecule has 8 nitrogen and oxygen atoms in total. The number of benzene rings is 3. The van der Waals surface area contributed by atoms with Crippen molar-refractivity contribution in [3.8, 4) is 11.5 Å². The maximum atomic E-state index is 13.0. The molecular weight excluding hydrogens is 476 g/mol. The third-order valence-corrected chi connectivity index (χ3v) is 6.86. The SMILES string of the molecule is O=C(NCc1ccc(S(=O)(=O)Nc2ccccc2Oc2ccccc2)cc1)c1nccc2[nH]ccc12. The molecule has 0 aliphatic rings. The van der Waals surface area contributed by atoms with Crippen LogP contribution in [0.3, 0.4) is 0 Å². The van der Waals surface area contributed by atoms with Crippen LogP contribution in [0, 0.1) is 0 Å². The van der Waals surface area contributed by atoms with Crippen molar-refractivity contribution < 1.29 is 17.9 Å². The number of H-pyrrole nitrogens is 1. The first kappa shape index (κ1) is 23.1. The molecule has 0 radical (unpaired) electrons. The Morgan fingerprint density at radius 2 is 1.64 bits per heavy atom. The molecule has 0 fully saturated rings. The number of hydrogen-bond acceptors (Lipinski definition) is 5. The molecule has 0 atom stereocenters. The van der Waals surface area contributed by atoms with Gasteiger partial charge in [0, 0.05) is 29.8 Å². The summed E-state index contributed by atoms with van der Waals surface area (Å²) < 4.78 is 34.5. The zero-order chi connectivity index (χ0) is 25.0. The number of nitrogens with zero attached hydrogens (tertiary/aromatic N) is 1. The lowest BCUT2D eigenvalue weighted by Crippen LogP contribution is -2.24. The third kappa shape index (κ3) is 5.06. The first-order valence-electron chi connectivity index (χ1n) is 11.1. The van der Waals surface area contributed by atoms with Crippen molar-refractivity contribution in [3.05, 3.63) is 115 Å². The number of hydrogen-bond donors (Lipinski definition) is 3. The summed E-state index contributed by atoms with van der Waals surface area (Å²) >= 11 is 0. The van der Waals surface area contributed by atoms with E-state index in [1.165, 1.54) is 12.1 Å². The number of anilines is 1. The largest absolute Gasteiger partial charge is 0.455 e. The number of carbonyl (C=O) groups is 1. The highest BCUT2D eigenvalue weighted by molar-refractivity contribution is 7.92. The number of carbonyl (C=O) groups excluding carboxylic acids is 1. The third-order valence-electron chi connectivity index (χ3n) is 5.48. The van der Waals surface area contributed by atoms with Crippen molar-refractivity contribution in [2.45, 2.75) is 11.4 Å². The Morgan fingerprint density at radius 1 is 0.889 bits per heavy atom. The lowest BCUT2D eigenvalue weighted by molar-refractivity contribution is 0.0947. The Morgan fingerprint density at radius 3 is 2.44 bits per heavy atom. The summed E-state index contributed by atoms with van der Waals surface area (Å²) in [6.45, 7) is 0.225. The van der Waals surface area contributed by atoms with E-state index in [1.54, 1.807) is 73.1 Å². The van der Waals surface area contributed by atoms with E-state index >= 15 is 0 Å². The number of sulfonamides is 1. The molecule has 9 heteroatoms. The predicted molar refractivity (Wildman–Crippen MR) is 137 cm³/mol. The van der Waals surface area contributed by atoms with Gasteiger partial charge in [0.1, 0.15) is 11.4 Å². The smallest absolute Gasteiger partial charge is 0.270 e. The van der Waals surface area contributed by atoms with Crippen LogP contribution >= 0.6 is 0 Å². The molecule has 1 amide bonds. The molecule has 0 aliphatic carbocycles. The maximum absolute atomic E-state index is 13.0. The lowest BCUT2D eigenvalue weighted by Gasteiger charge is -2.14. The molecular formula is C27H22N4O4S. The highest BCUT2D eigenvalue weighted by Gasteiger charge is 2.17. The highest BCUT2D eigenvalue weighted by atomic mass is 32.2. The topological polar surface area (TPSA) is 113 Å². The second-order valence-corrected chi connectivity index (χ2v) is 9.62. The lowest BCUT2D eigenvalue weighted by atomic mass is 10.2. The zero-order valence-electron chi connectivity index (χ0n) is 19.0. The first-order valence-corrected chi connectivity index (χ1v) is 12.6. The summed E-state index contributed by atoms with van der Waals surface area (Å²) in [6.07, 6.45) is 3.33. The van der Waals surface area contributed by atoms with Crippen LogP contribution < -0.4 is 14.8 Å². The molecule has 2 heterocycles. The predicted octanol–water partition coefficient (Wildman–Crippen LogP) is 5.09. The van der Waals surface area contributed by atoms with Gasteiger partial charge in [-0.2, -0.15) is 0 Å². The molecule has 2 aromatic heterocycles. The Kier molecular flexibility index (Phi) is 6.38. The van der Waals surface area contributed by atoms with E-state index in [9.17, 15) is 13.2 Å². The number of aromatic nitrogens is 2. The summed E-state index contributed by atoms with van der Waals surface area (Å²) in [5.74, 6) is 0.671. The van der Waals surface area contributed by atoms with Crippen LogP contribution in [0.4, 0.5) is 5.69 Å². The second kappa shape index (κ2) is 9.93. The van der Waals surface area contributed by atoms with E-state index in [0.717, 1.165) is 16.5 Å². The van der Waals surface area contributed by atoms with Crippen molar-refractivity contribution in [2.24, 2.45) is 0 Å². The second-order valence-electron chi connectivity index (χ2n) is 7.94. The fourth-order valence-corrected chi connectivity index (χ4v) is 4.75. The Balaban J connectivity index is 1.26. The summed E-state index contributed by atoms with van der Waals surface area (Å²) in [6, 6.07) is 25.9. The quantitative estimate of drug-likeness (QED) is 0.276. The summed E-state index contributed by atoms with van der Waals surface area (Å²) in [5, 5.41) is 3.56. The molecule has 5 rings (SSSR count). The van der Waals surface area contributed by atoms with E-state index in [-0.39, 0.29) is 17.3 Å². The van der Waals surface area contributed by atoms with E-state index in [2.05, 4.69) is 20.0 Å². The van der Waals surface area contributed by atoms with Crippen LogP contribution in [-0.4, -0.2) is 24.3 Å². The molecule has 5 aromatic rings. The number of fused-ring (bicyclic) bond motifs is 1. The Hall–Kier alpha value is -4.63. The van der Waals surface area contributed by atoms with Crippen LogP contribution in [0.1, 0.15) is 16.1 Å². The monoisotopic (exact) mass is 498 g/mol. The van der Waals surface area contributed by atoms with Gasteiger partial charge in [0.05, 0.1) is 10.6 Å². The summed E-state index contributed by atoms with van der Waals surface area (Å²) in [7, 11) is -3.87. The Bertz CT molecular complexity index is 1620. The molecule has 0 saturated carbocycles. The maximum Gasteiger partial charge on any atom is 0.270 e. The van der Waals surface area contributed by atoms with Crippen LogP contribution in [0.2, 0.25) is 0 Å². The highest BCUT2D eigenvalue weighted by Crippen LogP contribution is 2.31. The van der Waals surface area contributed by atoms with Gasteiger partial charge in [-0.3, -0.25) is 14.5 Å². The molecule has 0 saturated heterocycles. The number of pyridine rings is 1. The average Bonchev–Trinajstić information content (AvgIpc) is 3.38. The van der Waals surface area contributed by atoms with Crippen LogP contribution in [-0.2, 0) is 16.6 Å². The van der Waals surface area contributed by atoms with Crippen molar-refractivity contribution in [2.75, 3.05) is 4.72 Å². The van der Waals surface area contributed by atoms with Gasteiger partial charge < -0.3 is 15.0 Å². The molecule has 0 unspecified atom stereocenters. The molecule has 3 N–H and O–H groups in total. The number of aromatic amines is 1. The van der Waals surface area contributed by atoms with Gasteiger partial charge in [0.15, 0.2) is 5.75 Å². The first-order chi connectivity index (χ1) is 17.5. The van der Waals surface area contributed by atoms with Gasteiger partial charge in [-0.15, -0.1) is 0 Å². The number of amides is 1. The van der Waals surface area contributed by atoms with Crippen molar-refractivity contribution in [1.82, 2.24) is 15.3 Å². The Labute approximate surface area is 208 Å². The van der Waals surface area contributed by atoms with Gasteiger partial charge in [0.25, 0.3) is 15.9 Å². The summed E-state index contributed by atoms with van der Waals surface area (Å²) in [5.41, 5.74) is 2.22. The standard InChI is InChI=1S/C27H22N4O4S/c32-27(26-22-14-16-28-23(22)15-17-29-26)30-18-19-10-12-21(13-11-19)36(33,34)31-24-8-4-5-9-25(24)35-20-6-2-1-3-7-20/h1-17,28,31H,18H2,(H,30,32). The van der Waals surface area contributed by atoms with Gasteiger partial charge in [-0.25, -0.2) is 8.42 Å². The molecule has 0 bridgehead atoms. The van der Waals surface area contributed by atoms with Crippen LogP contribution in [0.25, 0.3) is 10.9 Å². The minimum Gasteiger partial charge on any atom is -0.455 e. The van der Waals surface area contributed by atoms with Crippen LogP contribution in [0.15, 0.2) is 108 Å². The number of para-hydroxylation sites is 3. The zero-order valence-corrected chi connectivity index (χ0v) is 19.8. The van der Waals surface area contributed by atoms with Crippen molar-refractivity contribution >= 4 is 32.5 Å². The minimum atomic E-state index is -3.87. The molecule has 0 aliphatic heterocycles. The normalized spacial score (nSPS) is 11.2. The summed E-state index contributed by atoms with van der Waals surface area (Å²) in [4.78, 5) is 19.9. The van der Waals surface area contributed by atoms with E-state index in [4.69, 9.17) is 4.74 Å². The molecule has 3 aromatic carbocycles. The van der Waals surface area contributed by atoms with Gasteiger partial charge >= 0.3 is 0 Å². The fraction of sp³-hybridized carbons (Fsp3) is 0.0370. The number of nitrogens with one attached hydrogen (secondary N) is 3. The minimum absolute atomic E-state index is 0.0887. The molecule has 180 valence electrons. The van der Waals surface area contributed by atoms with Crippen molar-refractivity contribution in [3.63, 3.8) is 0 Å².